The van der Waals surface area contributed by atoms with Crippen molar-refractivity contribution in [3.8, 4) is 5.88 Å². The summed E-state index contributed by atoms with van der Waals surface area (Å²) in [6, 6.07) is 0. The van der Waals surface area contributed by atoms with Crippen LogP contribution in [0.4, 0.5) is 0 Å². The van der Waals surface area contributed by atoms with Gasteiger partial charge in [-0.25, -0.2) is 4.98 Å². The molecule has 1 aromatic rings. The molecule has 27 heavy (non-hydrogen) atoms. The zero-order chi connectivity index (χ0) is 18.8. The van der Waals surface area contributed by atoms with Gasteiger partial charge in [0, 0.05) is 12.1 Å². The monoisotopic (exact) mass is 428 g/mol. The molecule has 0 N–H and O–H groups in total. The number of nitrogens with zero attached hydrogens (tertiary/aromatic N) is 2. The summed E-state index contributed by atoms with van der Waals surface area (Å²) >= 11 is 3.48. The Morgan fingerprint density at radius 1 is 1.11 bits per heavy atom. The Balaban J connectivity index is 1.41. The van der Waals surface area contributed by atoms with Crippen molar-refractivity contribution >= 4 is 15.9 Å². The van der Waals surface area contributed by atoms with E-state index in [0.29, 0.717) is 17.7 Å². The summed E-state index contributed by atoms with van der Waals surface area (Å²) in [5.74, 6) is 2.70. The van der Waals surface area contributed by atoms with Gasteiger partial charge in [0.2, 0.25) is 5.88 Å². The van der Waals surface area contributed by atoms with Crippen molar-refractivity contribution in [2.24, 2.45) is 11.8 Å². The van der Waals surface area contributed by atoms with Gasteiger partial charge in [-0.05, 0) is 85.4 Å². The Labute approximate surface area is 171 Å². The summed E-state index contributed by atoms with van der Waals surface area (Å²) < 4.78 is 6.83. The van der Waals surface area contributed by atoms with E-state index in [1.165, 1.54) is 44.9 Å². The molecular weight excluding hydrogens is 400 g/mol. The summed E-state index contributed by atoms with van der Waals surface area (Å²) in [5, 5.41) is 0. The van der Waals surface area contributed by atoms with Crippen molar-refractivity contribution in [2.45, 2.75) is 65.2 Å². The molecular formula is C23H29BrN2O. The topological polar surface area (TPSA) is 35.0 Å². The molecule has 0 aliphatic heterocycles. The van der Waals surface area contributed by atoms with Gasteiger partial charge >= 0.3 is 0 Å². The van der Waals surface area contributed by atoms with Gasteiger partial charge in [-0.15, -0.1) is 0 Å². The maximum absolute atomic E-state index is 6.00. The molecule has 2 fully saturated rings. The molecule has 2 saturated carbocycles. The predicted octanol–water partition coefficient (Wildman–Crippen LogP) is 6.49. The molecule has 0 radical (unpaired) electrons. The smallest absolute Gasteiger partial charge is 0.231 e. The van der Waals surface area contributed by atoms with Gasteiger partial charge in [0.15, 0.2) is 0 Å². The number of aryl methyl sites for hydroxylation is 1. The van der Waals surface area contributed by atoms with Gasteiger partial charge in [-0.2, -0.15) is 4.98 Å². The first-order chi connectivity index (χ1) is 13.1. The highest BCUT2D eigenvalue weighted by Crippen LogP contribution is 2.48. The van der Waals surface area contributed by atoms with Gasteiger partial charge < -0.3 is 4.74 Å². The van der Waals surface area contributed by atoms with Crippen LogP contribution < -0.4 is 4.74 Å². The lowest BCUT2D eigenvalue weighted by molar-refractivity contribution is 0.280. The van der Waals surface area contributed by atoms with Crippen molar-refractivity contribution in [3.05, 3.63) is 50.9 Å². The van der Waals surface area contributed by atoms with E-state index in [1.54, 1.807) is 28.5 Å². The lowest BCUT2D eigenvalue weighted by Crippen LogP contribution is -2.05. The van der Waals surface area contributed by atoms with E-state index in [-0.39, 0.29) is 0 Å². The van der Waals surface area contributed by atoms with E-state index < -0.39 is 0 Å². The number of aromatic nitrogens is 2. The number of hydrogen-bond acceptors (Lipinski definition) is 3. The highest BCUT2D eigenvalue weighted by Gasteiger charge is 2.40. The number of hydrogen-bond donors (Lipinski definition) is 0. The SMILES string of the molecule is CC1=C2CCCCCCC2=CC=C(C2CC2COc2nc(C)ncc2Br)C1. The van der Waals surface area contributed by atoms with Crippen molar-refractivity contribution in [1.29, 1.82) is 0 Å². The van der Waals surface area contributed by atoms with Crippen molar-refractivity contribution in [2.75, 3.05) is 6.61 Å². The van der Waals surface area contributed by atoms with Crippen LogP contribution in [-0.2, 0) is 0 Å². The maximum Gasteiger partial charge on any atom is 0.231 e. The van der Waals surface area contributed by atoms with Crippen molar-refractivity contribution in [3.63, 3.8) is 0 Å². The number of ether oxygens (including phenoxy) is 1. The van der Waals surface area contributed by atoms with Crippen molar-refractivity contribution in [1.82, 2.24) is 9.97 Å². The highest BCUT2D eigenvalue weighted by molar-refractivity contribution is 9.10. The molecule has 1 heterocycles. The van der Waals surface area contributed by atoms with Crippen LogP contribution in [0.2, 0.25) is 0 Å². The number of rotatable bonds is 4. The number of fused-ring (bicyclic) bond motifs is 1. The van der Waals surface area contributed by atoms with E-state index in [2.05, 4.69) is 45.0 Å². The summed E-state index contributed by atoms with van der Waals surface area (Å²) in [7, 11) is 0. The minimum absolute atomic E-state index is 0.611. The molecule has 2 atom stereocenters. The van der Waals surface area contributed by atoms with Gasteiger partial charge in [0.25, 0.3) is 0 Å². The van der Waals surface area contributed by atoms with Gasteiger partial charge in [0.1, 0.15) is 5.82 Å². The molecule has 3 aliphatic rings. The van der Waals surface area contributed by atoms with Crippen LogP contribution >= 0.6 is 15.9 Å². The molecule has 0 saturated heterocycles. The molecule has 4 heteroatoms. The van der Waals surface area contributed by atoms with Gasteiger partial charge in [-0.3, -0.25) is 0 Å². The van der Waals surface area contributed by atoms with Crippen molar-refractivity contribution < 1.29 is 4.74 Å². The fourth-order valence-corrected chi connectivity index (χ4v) is 4.80. The van der Waals surface area contributed by atoms with Gasteiger partial charge in [0.05, 0.1) is 11.1 Å². The summed E-state index contributed by atoms with van der Waals surface area (Å²) in [4.78, 5) is 8.57. The standard InChI is InChI=1S/C23H29BrN2O/c1-15-11-18(10-9-17-7-5-3-4-6-8-20(15)17)21-12-19(21)14-27-23-22(24)13-25-16(2)26-23/h9-10,13,19,21H,3-8,11-12,14H2,1-2H3. The third kappa shape index (κ3) is 4.53. The van der Waals surface area contributed by atoms with Crippen LogP contribution in [0.5, 0.6) is 5.88 Å². The van der Waals surface area contributed by atoms with E-state index in [4.69, 9.17) is 4.74 Å². The van der Waals surface area contributed by atoms with E-state index >= 15 is 0 Å². The van der Waals surface area contributed by atoms with Crippen LogP contribution in [0.1, 0.15) is 64.1 Å². The van der Waals surface area contributed by atoms with Crippen LogP contribution in [0.25, 0.3) is 0 Å². The molecule has 3 aliphatic carbocycles. The lowest BCUT2D eigenvalue weighted by Gasteiger charge is -2.18. The molecule has 1 aromatic heterocycles. The average Bonchev–Trinajstić information content (AvgIpc) is 3.41. The van der Waals surface area contributed by atoms with E-state index in [0.717, 1.165) is 23.3 Å². The maximum atomic E-state index is 6.00. The molecule has 144 valence electrons. The first-order valence-electron chi connectivity index (χ1n) is 10.3. The minimum Gasteiger partial charge on any atom is -0.476 e. The van der Waals surface area contributed by atoms with Crippen LogP contribution in [0, 0.1) is 18.8 Å². The minimum atomic E-state index is 0.611. The molecule has 0 aromatic carbocycles. The lowest BCUT2D eigenvalue weighted by atomic mass is 9.88. The molecule has 0 bridgehead atoms. The second kappa shape index (κ2) is 8.30. The Morgan fingerprint density at radius 2 is 1.93 bits per heavy atom. The zero-order valence-electron chi connectivity index (χ0n) is 16.4. The summed E-state index contributed by atoms with van der Waals surface area (Å²) in [6.45, 7) is 4.99. The molecule has 2 unspecified atom stereocenters. The third-order valence-corrected chi connectivity index (χ3v) is 6.70. The van der Waals surface area contributed by atoms with E-state index in [9.17, 15) is 0 Å². The Kier molecular flexibility index (Phi) is 5.82. The zero-order valence-corrected chi connectivity index (χ0v) is 18.0. The number of halogens is 1. The predicted molar refractivity (Wildman–Crippen MR) is 113 cm³/mol. The third-order valence-electron chi connectivity index (χ3n) is 6.16. The molecule has 0 spiro atoms. The normalized spacial score (nSPS) is 25.6. The first kappa shape index (κ1) is 18.9. The highest BCUT2D eigenvalue weighted by atomic mass is 79.9. The van der Waals surface area contributed by atoms with Crippen LogP contribution in [0.3, 0.4) is 0 Å². The van der Waals surface area contributed by atoms with Crippen LogP contribution in [-0.4, -0.2) is 16.6 Å². The average molecular weight is 429 g/mol. The summed E-state index contributed by atoms with van der Waals surface area (Å²) in [6.07, 6.45) is 17.0. The Hall–Kier alpha value is -1.42. The second-order valence-electron chi connectivity index (χ2n) is 8.27. The fraction of sp³-hybridized carbons (Fsp3) is 0.565. The van der Waals surface area contributed by atoms with E-state index in [1.807, 2.05) is 6.92 Å². The molecule has 4 rings (SSSR count). The van der Waals surface area contributed by atoms with Gasteiger partial charge in [-0.1, -0.05) is 36.1 Å². The largest absolute Gasteiger partial charge is 0.476 e. The molecule has 3 nitrogen and oxygen atoms in total. The molecule has 0 amide bonds. The van der Waals surface area contributed by atoms with Crippen LogP contribution in [0.15, 0.2) is 45.1 Å². The second-order valence-corrected chi connectivity index (χ2v) is 9.12. The Morgan fingerprint density at radius 3 is 2.78 bits per heavy atom. The first-order valence-corrected chi connectivity index (χ1v) is 11.1. The fourth-order valence-electron chi connectivity index (χ4n) is 4.50. The summed E-state index contributed by atoms with van der Waals surface area (Å²) in [5.41, 5.74) is 6.48. The number of allylic oxidation sites excluding steroid dienone is 6. The quantitative estimate of drug-likeness (QED) is 0.549. The Bertz CT molecular complexity index is 809.